The van der Waals surface area contributed by atoms with Crippen LogP contribution in [0, 0.1) is 0 Å². The van der Waals surface area contributed by atoms with Crippen LogP contribution in [0.5, 0.6) is 0 Å². The predicted molar refractivity (Wildman–Crippen MR) is 75.2 cm³/mol. The van der Waals surface area contributed by atoms with Crippen molar-refractivity contribution in [3.05, 3.63) is 47.4 Å². The third kappa shape index (κ3) is 4.06. The number of hydrogen-bond donors (Lipinski definition) is 3. The van der Waals surface area contributed by atoms with Crippen molar-refractivity contribution in [1.29, 1.82) is 0 Å². The summed E-state index contributed by atoms with van der Waals surface area (Å²) in [6, 6.07) is 5.63. The largest absolute Gasteiger partial charge is 0.479 e. The molecule has 1 aromatic rings. The van der Waals surface area contributed by atoms with Crippen LogP contribution in [-0.2, 0) is 14.6 Å². The van der Waals surface area contributed by atoms with Crippen LogP contribution in [0.1, 0.15) is 11.6 Å². The summed E-state index contributed by atoms with van der Waals surface area (Å²) < 4.78 is 22.4. The van der Waals surface area contributed by atoms with Crippen LogP contribution >= 0.6 is 0 Å². The zero-order chi connectivity index (χ0) is 15.5. The summed E-state index contributed by atoms with van der Waals surface area (Å²) in [7, 11) is -3.28. The number of carbonyl (C=O) groups excluding carboxylic acids is 1. The van der Waals surface area contributed by atoms with Crippen LogP contribution in [0.15, 0.2) is 41.8 Å². The van der Waals surface area contributed by atoms with Gasteiger partial charge in [-0.2, -0.15) is 0 Å². The van der Waals surface area contributed by atoms with Gasteiger partial charge < -0.3 is 15.7 Å². The van der Waals surface area contributed by atoms with E-state index in [4.69, 9.17) is 5.11 Å². The minimum Gasteiger partial charge on any atom is -0.479 e. The van der Waals surface area contributed by atoms with Gasteiger partial charge in [-0.1, -0.05) is 30.3 Å². The molecule has 3 N–H and O–H groups in total. The van der Waals surface area contributed by atoms with Crippen molar-refractivity contribution in [2.45, 2.75) is 12.1 Å². The molecule has 112 valence electrons. The molecule has 0 spiro atoms. The van der Waals surface area contributed by atoms with Gasteiger partial charge in [0, 0.05) is 5.41 Å². The topological polar surface area (TPSA) is 113 Å². The fourth-order valence-corrected chi connectivity index (χ4v) is 3.18. The summed E-state index contributed by atoms with van der Waals surface area (Å²) in [4.78, 5) is 23.0. The van der Waals surface area contributed by atoms with E-state index < -0.39 is 33.9 Å². The Morgan fingerprint density at radius 2 is 1.90 bits per heavy atom. The first kappa shape index (κ1) is 15.0. The Balaban J connectivity index is 2.00. The highest BCUT2D eigenvalue weighted by Crippen LogP contribution is 2.13. The van der Waals surface area contributed by atoms with E-state index in [-0.39, 0.29) is 5.75 Å². The second kappa shape index (κ2) is 5.96. The molecule has 7 nitrogen and oxygen atoms in total. The van der Waals surface area contributed by atoms with Gasteiger partial charge in [-0.05, 0) is 11.6 Å². The van der Waals surface area contributed by atoms with Gasteiger partial charge in [0.25, 0.3) is 0 Å². The quantitative estimate of drug-likeness (QED) is 0.746. The van der Waals surface area contributed by atoms with E-state index in [1.54, 1.807) is 30.3 Å². The van der Waals surface area contributed by atoms with Gasteiger partial charge in [0.05, 0.1) is 11.8 Å². The summed E-state index contributed by atoms with van der Waals surface area (Å²) in [5, 5.41) is 14.9. The fraction of sp³-hybridized carbons (Fsp3) is 0.231. The van der Waals surface area contributed by atoms with Crippen molar-refractivity contribution < 1.29 is 23.1 Å². The Kier molecular flexibility index (Phi) is 4.27. The number of sulfone groups is 1. The van der Waals surface area contributed by atoms with Gasteiger partial charge in [-0.15, -0.1) is 0 Å². The van der Waals surface area contributed by atoms with Crippen LogP contribution in [0.25, 0.3) is 0 Å². The molecule has 0 radical (unpaired) electrons. The molecule has 1 unspecified atom stereocenters. The van der Waals surface area contributed by atoms with Gasteiger partial charge >= 0.3 is 12.0 Å². The van der Waals surface area contributed by atoms with Crippen LogP contribution in [-0.4, -0.2) is 37.3 Å². The lowest BCUT2D eigenvalue weighted by Gasteiger charge is -2.17. The monoisotopic (exact) mass is 310 g/mol. The Hall–Kier alpha value is -2.35. The van der Waals surface area contributed by atoms with Crippen LogP contribution in [0.3, 0.4) is 0 Å². The summed E-state index contributed by atoms with van der Waals surface area (Å²) in [5.74, 6) is -1.42. The third-order valence-corrected chi connectivity index (χ3v) is 4.30. The zero-order valence-corrected chi connectivity index (χ0v) is 11.7. The van der Waals surface area contributed by atoms with Crippen molar-refractivity contribution in [3.8, 4) is 0 Å². The lowest BCUT2D eigenvalue weighted by Crippen LogP contribution is -2.45. The highest BCUT2D eigenvalue weighted by Gasteiger charge is 2.26. The van der Waals surface area contributed by atoms with Crippen molar-refractivity contribution in [2.75, 3.05) is 5.75 Å². The Labute approximate surface area is 121 Å². The van der Waals surface area contributed by atoms with Crippen LogP contribution in [0.2, 0.25) is 0 Å². The van der Waals surface area contributed by atoms with Crippen LogP contribution < -0.4 is 10.6 Å². The van der Waals surface area contributed by atoms with Gasteiger partial charge in [0.15, 0.2) is 15.9 Å². The molecule has 2 amide bonds. The van der Waals surface area contributed by atoms with E-state index >= 15 is 0 Å². The number of carboxylic acids is 1. The number of amides is 2. The Morgan fingerprint density at radius 3 is 2.43 bits per heavy atom. The zero-order valence-electron chi connectivity index (χ0n) is 10.9. The number of benzene rings is 1. The highest BCUT2D eigenvalue weighted by molar-refractivity contribution is 7.94. The minimum absolute atomic E-state index is 0.219. The first-order valence-corrected chi connectivity index (χ1v) is 7.85. The standard InChI is InChI=1S/C13H14N2O5S/c16-12(17)11(9-4-2-1-3-5-9)15-13(18)14-10-6-7-21(19,20)8-10/h1-7,10-11H,8H2,(H,16,17)(H2,14,15,18)/t10?,11-/m0/s1. The molecular formula is C13H14N2O5S. The Bertz CT molecular complexity index is 669. The van der Waals surface area contributed by atoms with Crippen LogP contribution in [0.4, 0.5) is 4.79 Å². The lowest BCUT2D eigenvalue weighted by atomic mass is 10.1. The summed E-state index contributed by atoms with van der Waals surface area (Å²) in [5.41, 5.74) is 0.426. The maximum absolute atomic E-state index is 11.8. The molecule has 1 aliphatic rings. The number of rotatable bonds is 4. The number of carboxylic acid groups (broad SMARTS) is 1. The SMILES string of the molecule is O=C(NC1C=CS(=O)(=O)C1)N[C@H](C(=O)O)c1ccccc1. The van der Waals surface area contributed by atoms with E-state index in [9.17, 15) is 18.0 Å². The molecule has 0 aliphatic carbocycles. The summed E-state index contributed by atoms with van der Waals surface area (Å²) in [6.07, 6.45) is 1.35. The molecular weight excluding hydrogens is 296 g/mol. The van der Waals surface area contributed by atoms with Gasteiger partial charge in [-0.3, -0.25) is 0 Å². The normalized spacial score (nSPS) is 20.7. The first-order valence-electron chi connectivity index (χ1n) is 6.13. The average molecular weight is 310 g/mol. The summed E-state index contributed by atoms with van der Waals surface area (Å²) in [6.45, 7) is 0. The number of carbonyl (C=O) groups is 2. The Morgan fingerprint density at radius 1 is 1.24 bits per heavy atom. The summed E-state index contributed by atoms with van der Waals surface area (Å²) >= 11 is 0. The maximum atomic E-state index is 11.8. The van der Waals surface area contributed by atoms with Gasteiger partial charge in [0.2, 0.25) is 0 Å². The molecule has 0 bridgehead atoms. The molecule has 1 heterocycles. The molecule has 0 saturated carbocycles. The van der Waals surface area contributed by atoms with Crippen molar-refractivity contribution in [1.82, 2.24) is 10.6 Å². The molecule has 2 atom stereocenters. The molecule has 1 aliphatic heterocycles. The molecule has 0 aromatic heterocycles. The van der Waals surface area contributed by atoms with E-state index in [1.807, 2.05) is 0 Å². The molecule has 0 fully saturated rings. The van der Waals surface area contributed by atoms with Crippen molar-refractivity contribution in [3.63, 3.8) is 0 Å². The van der Waals surface area contributed by atoms with E-state index in [2.05, 4.69) is 10.6 Å². The number of aliphatic carboxylic acids is 1. The lowest BCUT2D eigenvalue weighted by molar-refractivity contribution is -0.139. The molecule has 21 heavy (non-hydrogen) atoms. The molecule has 1 aromatic carbocycles. The first-order chi connectivity index (χ1) is 9.87. The van der Waals surface area contributed by atoms with E-state index in [0.29, 0.717) is 5.56 Å². The van der Waals surface area contributed by atoms with E-state index in [1.165, 1.54) is 6.08 Å². The molecule has 8 heteroatoms. The second-order valence-electron chi connectivity index (χ2n) is 4.56. The van der Waals surface area contributed by atoms with Crippen molar-refractivity contribution >= 4 is 21.8 Å². The third-order valence-electron chi connectivity index (χ3n) is 2.90. The smallest absolute Gasteiger partial charge is 0.330 e. The molecule has 0 saturated heterocycles. The van der Waals surface area contributed by atoms with Gasteiger partial charge in [0.1, 0.15) is 0 Å². The highest BCUT2D eigenvalue weighted by atomic mass is 32.2. The van der Waals surface area contributed by atoms with Gasteiger partial charge in [-0.25, -0.2) is 18.0 Å². The van der Waals surface area contributed by atoms with Crippen molar-refractivity contribution in [2.24, 2.45) is 0 Å². The number of urea groups is 1. The minimum atomic E-state index is -3.28. The fourth-order valence-electron chi connectivity index (χ4n) is 1.94. The van der Waals surface area contributed by atoms with E-state index in [0.717, 1.165) is 5.41 Å². The second-order valence-corrected chi connectivity index (χ2v) is 6.50. The molecule has 2 rings (SSSR count). The average Bonchev–Trinajstić information content (AvgIpc) is 2.76. The number of nitrogens with one attached hydrogen (secondary N) is 2. The predicted octanol–water partition coefficient (Wildman–Crippen LogP) is 0.422. The number of hydrogen-bond acceptors (Lipinski definition) is 4. The maximum Gasteiger partial charge on any atom is 0.330 e.